The number of carbonyl (C=O) groups excluding carboxylic acids is 3. The number of ether oxygens (including phenoxy) is 2. The number of Topliss-reactive ketones (excluding diaryl/α,β-unsaturated/α-hetero) is 2. The summed E-state index contributed by atoms with van der Waals surface area (Å²) in [7, 11) is 0. The van der Waals surface area contributed by atoms with Gasteiger partial charge >= 0.3 is 5.97 Å². The molecule has 2 aliphatic heterocycles. The Bertz CT molecular complexity index is 851. The van der Waals surface area contributed by atoms with Crippen molar-refractivity contribution in [2.75, 3.05) is 6.61 Å². The van der Waals surface area contributed by atoms with E-state index in [1.165, 1.54) is 0 Å². The standard InChI is InChI=1S/C20H22O5.C2H4O.2C2H6.CH4/c1-9(2)10-6-15-20(25-15)13(17(10)22)5-4-12-11-8-24-18(23)16(11)14(21)7-19(12,20)3;1-2-3;2*1-2;/h5,9-10,12,15H,4,6-8H2,1-3H3;2-3H,1H2;2*1-2H3;1H4/t10?,12?,15-,19-,20+;;;;/m0..../s1. The van der Waals surface area contributed by atoms with Crippen LogP contribution in [0.1, 0.15) is 75.2 Å². The zero-order valence-corrected chi connectivity index (χ0v) is 20.5. The van der Waals surface area contributed by atoms with E-state index in [2.05, 4.69) is 27.4 Å². The van der Waals surface area contributed by atoms with Crippen LogP contribution in [-0.2, 0) is 23.9 Å². The number of ketones is 2. The van der Waals surface area contributed by atoms with Crippen LogP contribution in [0, 0.1) is 23.2 Å². The van der Waals surface area contributed by atoms with Crippen molar-refractivity contribution in [3.8, 4) is 0 Å². The molecule has 5 atom stereocenters. The zero-order valence-electron chi connectivity index (χ0n) is 20.5. The van der Waals surface area contributed by atoms with Crippen molar-refractivity contribution >= 4 is 17.5 Å². The van der Waals surface area contributed by atoms with Gasteiger partial charge in [-0.25, -0.2) is 4.79 Å². The number of epoxide rings is 1. The quantitative estimate of drug-likeness (QED) is 0.239. The first kappa shape index (κ1) is 28.8. The lowest BCUT2D eigenvalue weighted by atomic mass is 9.50. The van der Waals surface area contributed by atoms with Crippen LogP contribution in [0.5, 0.6) is 0 Å². The molecule has 0 bridgehead atoms. The lowest BCUT2D eigenvalue weighted by Gasteiger charge is -2.50. The fraction of sp³-hybridized carbons (Fsp3) is 0.667. The number of rotatable bonds is 1. The summed E-state index contributed by atoms with van der Waals surface area (Å²) in [6.07, 6.45) is 4.42. The van der Waals surface area contributed by atoms with Crippen LogP contribution in [0.3, 0.4) is 0 Å². The summed E-state index contributed by atoms with van der Waals surface area (Å²) in [6.45, 7) is 17.3. The third kappa shape index (κ3) is 4.11. The molecule has 1 N–H and O–H groups in total. The number of hydrogen-bond donors (Lipinski definition) is 1. The Hall–Kier alpha value is -2.21. The van der Waals surface area contributed by atoms with Crippen molar-refractivity contribution in [1.82, 2.24) is 0 Å². The number of aliphatic hydroxyl groups excluding tert-OH is 1. The Kier molecular flexibility index (Phi) is 9.44. The highest BCUT2D eigenvalue weighted by molar-refractivity contribution is 6.20. The first-order valence-electron chi connectivity index (χ1n) is 11.8. The molecule has 5 aliphatic rings. The van der Waals surface area contributed by atoms with E-state index in [0.717, 1.165) is 23.8 Å². The van der Waals surface area contributed by atoms with E-state index in [1.807, 2.05) is 33.8 Å². The van der Waals surface area contributed by atoms with Crippen LogP contribution in [0.15, 0.2) is 35.6 Å². The maximum absolute atomic E-state index is 13.1. The molecule has 33 heavy (non-hydrogen) atoms. The summed E-state index contributed by atoms with van der Waals surface area (Å²) in [4.78, 5) is 37.7. The lowest BCUT2D eigenvalue weighted by Crippen LogP contribution is -2.55. The van der Waals surface area contributed by atoms with Gasteiger partial charge in [0.25, 0.3) is 0 Å². The van der Waals surface area contributed by atoms with Crippen molar-refractivity contribution in [2.45, 2.75) is 86.9 Å². The summed E-state index contributed by atoms with van der Waals surface area (Å²) in [6, 6.07) is 0. The van der Waals surface area contributed by atoms with E-state index in [-0.39, 0.29) is 61.5 Å². The Morgan fingerprint density at radius 1 is 1.18 bits per heavy atom. The van der Waals surface area contributed by atoms with Crippen LogP contribution in [0.2, 0.25) is 0 Å². The molecule has 0 aromatic rings. The minimum Gasteiger partial charge on any atom is -0.516 e. The van der Waals surface area contributed by atoms with Gasteiger partial charge in [-0.2, -0.15) is 0 Å². The molecule has 0 aromatic heterocycles. The van der Waals surface area contributed by atoms with Gasteiger partial charge in [-0.3, -0.25) is 9.59 Å². The molecular weight excluding hydrogens is 420 g/mol. The maximum Gasteiger partial charge on any atom is 0.342 e. The van der Waals surface area contributed by atoms with Gasteiger partial charge in [0.2, 0.25) is 0 Å². The normalized spacial score (nSPS) is 34.6. The Balaban J connectivity index is 0.000000620. The molecule has 2 heterocycles. The SMILES string of the molecule is C.C=CO.CC.CC.CC(C)C1C[C@@H]2O[C@]23C(=CCC2C4=C(C(=O)C[C@@]23C)C(=O)OC4)C1=O. The molecule has 1 saturated heterocycles. The number of allylic oxidation sites excluding steroid dienone is 1. The zero-order chi connectivity index (χ0) is 24.4. The predicted octanol–water partition coefficient (Wildman–Crippen LogP) is 5.52. The third-order valence-corrected chi connectivity index (χ3v) is 7.29. The first-order chi connectivity index (χ1) is 15.2. The topological polar surface area (TPSA) is 93.2 Å². The minimum atomic E-state index is -0.641. The average molecular weight is 463 g/mol. The van der Waals surface area contributed by atoms with E-state index in [0.29, 0.717) is 6.42 Å². The van der Waals surface area contributed by atoms with Crippen molar-refractivity contribution in [3.05, 3.63) is 35.6 Å². The molecule has 3 aliphatic carbocycles. The second-order valence-electron chi connectivity index (χ2n) is 8.88. The number of hydrogen-bond acceptors (Lipinski definition) is 6. The van der Waals surface area contributed by atoms with E-state index in [4.69, 9.17) is 14.6 Å². The van der Waals surface area contributed by atoms with Gasteiger partial charge in [-0.05, 0) is 30.3 Å². The van der Waals surface area contributed by atoms with Gasteiger partial charge in [0.05, 0.1) is 12.4 Å². The molecule has 5 rings (SSSR count). The Morgan fingerprint density at radius 3 is 2.30 bits per heavy atom. The smallest absolute Gasteiger partial charge is 0.342 e. The molecule has 0 aromatic carbocycles. The van der Waals surface area contributed by atoms with Crippen LogP contribution >= 0.6 is 0 Å². The van der Waals surface area contributed by atoms with Crippen molar-refractivity contribution in [2.24, 2.45) is 23.2 Å². The molecular formula is C27H42O6. The van der Waals surface area contributed by atoms with Gasteiger partial charge in [-0.1, -0.05) is 68.5 Å². The summed E-state index contributed by atoms with van der Waals surface area (Å²) >= 11 is 0. The maximum atomic E-state index is 13.1. The van der Waals surface area contributed by atoms with Crippen LogP contribution in [0.4, 0.5) is 0 Å². The number of cyclic esters (lactones) is 1. The molecule has 1 spiro atoms. The molecule has 0 amide bonds. The first-order valence-corrected chi connectivity index (χ1v) is 11.8. The van der Waals surface area contributed by atoms with Gasteiger partial charge in [0.1, 0.15) is 17.8 Å². The Labute approximate surface area is 199 Å². The highest BCUT2D eigenvalue weighted by Gasteiger charge is 2.77. The monoisotopic (exact) mass is 462 g/mol. The van der Waals surface area contributed by atoms with Gasteiger partial charge < -0.3 is 14.6 Å². The second kappa shape index (κ2) is 10.8. The molecule has 2 fully saturated rings. The fourth-order valence-corrected chi connectivity index (χ4v) is 5.94. The molecule has 6 nitrogen and oxygen atoms in total. The highest BCUT2D eigenvalue weighted by atomic mass is 16.6. The average Bonchev–Trinajstić information content (AvgIpc) is 3.38. The second-order valence-corrected chi connectivity index (χ2v) is 8.88. The van der Waals surface area contributed by atoms with Crippen LogP contribution in [0.25, 0.3) is 0 Å². The third-order valence-electron chi connectivity index (χ3n) is 7.29. The molecule has 6 heteroatoms. The summed E-state index contributed by atoms with van der Waals surface area (Å²) in [5, 5.41) is 7.33. The number of carbonyl (C=O) groups is 3. The number of esters is 1. The molecule has 186 valence electrons. The van der Waals surface area contributed by atoms with Gasteiger partial charge in [0, 0.05) is 23.3 Å². The summed E-state index contributed by atoms with van der Waals surface area (Å²) < 4.78 is 11.4. The van der Waals surface area contributed by atoms with Crippen molar-refractivity contribution < 1.29 is 29.0 Å². The van der Waals surface area contributed by atoms with Crippen LogP contribution < -0.4 is 0 Å². The number of aliphatic hydroxyl groups is 1. The summed E-state index contributed by atoms with van der Waals surface area (Å²) in [5.41, 5.74) is 0.751. The predicted molar refractivity (Wildman–Crippen MR) is 130 cm³/mol. The van der Waals surface area contributed by atoms with E-state index in [1.54, 1.807) is 0 Å². The van der Waals surface area contributed by atoms with Crippen molar-refractivity contribution in [1.29, 1.82) is 0 Å². The van der Waals surface area contributed by atoms with Gasteiger partial charge in [-0.15, -0.1) is 0 Å². The number of fused-ring (bicyclic) bond motifs is 2. The van der Waals surface area contributed by atoms with Crippen molar-refractivity contribution in [3.63, 3.8) is 0 Å². The summed E-state index contributed by atoms with van der Waals surface area (Å²) in [5.74, 6) is -0.137. The molecule has 0 radical (unpaired) electrons. The largest absolute Gasteiger partial charge is 0.516 e. The van der Waals surface area contributed by atoms with E-state index in [9.17, 15) is 14.4 Å². The van der Waals surface area contributed by atoms with E-state index >= 15 is 0 Å². The molecule has 1 saturated carbocycles. The Morgan fingerprint density at radius 2 is 1.76 bits per heavy atom. The van der Waals surface area contributed by atoms with E-state index < -0.39 is 17.0 Å². The van der Waals surface area contributed by atoms with Crippen LogP contribution in [-0.4, -0.2) is 41.0 Å². The van der Waals surface area contributed by atoms with Gasteiger partial charge in [0.15, 0.2) is 11.6 Å². The lowest BCUT2D eigenvalue weighted by molar-refractivity contribution is -0.137. The minimum absolute atomic E-state index is 0. The highest BCUT2D eigenvalue weighted by Crippen LogP contribution is 2.69. The molecule has 2 unspecified atom stereocenters. The fourth-order valence-electron chi connectivity index (χ4n) is 5.94.